The van der Waals surface area contributed by atoms with Gasteiger partial charge < -0.3 is 19.5 Å². The number of carbonyl (C=O) groups excluding carboxylic acids is 3. The number of anilines is 2. The number of carbonyl (C=O) groups is 3. The molecule has 0 aliphatic carbocycles. The molecular formula is C28H25FN6O6. The number of nitrogens with one attached hydrogen (secondary N) is 2. The van der Waals surface area contributed by atoms with Crippen LogP contribution in [0.4, 0.5) is 20.7 Å². The molecule has 210 valence electrons. The van der Waals surface area contributed by atoms with Crippen LogP contribution in [-0.4, -0.2) is 59.6 Å². The molecule has 0 saturated carbocycles. The molecule has 1 saturated heterocycles. The number of benzene rings is 2. The van der Waals surface area contributed by atoms with E-state index < -0.39 is 29.7 Å². The zero-order valence-electron chi connectivity index (χ0n) is 22.3. The summed E-state index contributed by atoms with van der Waals surface area (Å²) in [6.45, 7) is 1.84. The van der Waals surface area contributed by atoms with Crippen LogP contribution in [0.25, 0.3) is 10.9 Å². The van der Waals surface area contributed by atoms with Gasteiger partial charge in [0.05, 0.1) is 31.6 Å². The number of halogens is 1. The fraction of sp³-hybridized carbons (Fsp3) is 0.179. The summed E-state index contributed by atoms with van der Waals surface area (Å²) in [4.78, 5) is 48.5. The molecule has 0 bridgehead atoms. The largest absolute Gasteiger partial charge is 0.493 e. The van der Waals surface area contributed by atoms with Crippen molar-refractivity contribution < 1.29 is 33.0 Å². The van der Waals surface area contributed by atoms with Crippen LogP contribution in [0, 0.1) is 5.82 Å². The first-order valence-electron chi connectivity index (χ1n) is 12.5. The van der Waals surface area contributed by atoms with Gasteiger partial charge in [0, 0.05) is 24.2 Å². The summed E-state index contributed by atoms with van der Waals surface area (Å²) in [6.07, 6.45) is 3.00. The molecule has 13 heteroatoms. The number of hydrazine groups is 1. The molecule has 1 unspecified atom stereocenters. The van der Waals surface area contributed by atoms with Crippen molar-refractivity contribution in [3.8, 4) is 23.0 Å². The van der Waals surface area contributed by atoms with E-state index in [1.807, 2.05) is 0 Å². The molecule has 1 fully saturated rings. The smallest absolute Gasteiger partial charge is 0.345 e. The van der Waals surface area contributed by atoms with Crippen LogP contribution in [0.2, 0.25) is 0 Å². The summed E-state index contributed by atoms with van der Waals surface area (Å²) in [5, 5.41) is 4.39. The van der Waals surface area contributed by atoms with Crippen molar-refractivity contribution in [2.45, 2.75) is 13.0 Å². The van der Waals surface area contributed by atoms with Crippen LogP contribution < -0.4 is 29.9 Å². The van der Waals surface area contributed by atoms with E-state index >= 15 is 0 Å². The molecule has 41 heavy (non-hydrogen) atoms. The highest BCUT2D eigenvalue weighted by atomic mass is 19.1. The molecule has 1 atom stereocenters. The number of methoxy groups -OCH3 is 2. The number of hydrogen-bond donors (Lipinski definition) is 2. The summed E-state index contributed by atoms with van der Waals surface area (Å²) in [6, 6.07) is 11.0. The Hall–Kier alpha value is -5.30. The lowest BCUT2D eigenvalue weighted by molar-refractivity contribution is -0.130. The van der Waals surface area contributed by atoms with Crippen LogP contribution in [0.15, 0.2) is 67.0 Å². The Morgan fingerprint density at radius 2 is 1.73 bits per heavy atom. The number of pyridine rings is 2. The van der Waals surface area contributed by atoms with Crippen LogP contribution in [-0.2, 0) is 9.59 Å². The average molecular weight is 561 g/mol. The summed E-state index contributed by atoms with van der Waals surface area (Å²) >= 11 is 0. The maximum atomic E-state index is 13.4. The standard InChI is InChI=1S/C28H25FN6O6/c1-4-34-28(38)35(17-7-5-16(29)6-8-17)27(37)25(33-34)26(36)32-24-10-9-18(15-31-24)41-21-11-12-30-20-14-23(40-3)22(39-2)13-19(20)21/h5-15,25,33H,4H2,1-3H3,(H,31,32,36). The normalized spacial score (nSPS) is 15.2. The summed E-state index contributed by atoms with van der Waals surface area (Å²) < 4.78 is 30.1. The number of hydrogen-bond acceptors (Lipinski definition) is 9. The molecule has 2 N–H and O–H groups in total. The Morgan fingerprint density at radius 3 is 2.39 bits per heavy atom. The topological polar surface area (TPSA) is 135 Å². The molecule has 3 heterocycles. The first-order chi connectivity index (χ1) is 19.8. The van der Waals surface area contributed by atoms with Gasteiger partial charge in [0.1, 0.15) is 23.1 Å². The predicted molar refractivity (Wildman–Crippen MR) is 146 cm³/mol. The highest BCUT2D eigenvalue weighted by Crippen LogP contribution is 2.36. The number of imide groups is 1. The van der Waals surface area contributed by atoms with Gasteiger partial charge in [-0.15, -0.1) is 0 Å². The van der Waals surface area contributed by atoms with Crippen molar-refractivity contribution in [2.24, 2.45) is 0 Å². The summed E-state index contributed by atoms with van der Waals surface area (Å²) in [5.41, 5.74) is 3.41. The number of fused-ring (bicyclic) bond motifs is 1. The van der Waals surface area contributed by atoms with E-state index in [0.717, 1.165) is 22.0 Å². The monoisotopic (exact) mass is 560 g/mol. The Labute approximate surface area is 233 Å². The average Bonchev–Trinajstić information content (AvgIpc) is 2.98. The molecule has 2 aromatic carbocycles. The fourth-order valence-electron chi connectivity index (χ4n) is 4.21. The second-order valence-electron chi connectivity index (χ2n) is 8.74. The van der Waals surface area contributed by atoms with E-state index in [9.17, 15) is 18.8 Å². The number of nitrogens with zero attached hydrogens (tertiary/aromatic N) is 4. The van der Waals surface area contributed by atoms with Crippen molar-refractivity contribution in [3.63, 3.8) is 0 Å². The highest BCUT2D eigenvalue weighted by Gasteiger charge is 2.43. The van der Waals surface area contributed by atoms with Crippen LogP contribution in [0.3, 0.4) is 0 Å². The van der Waals surface area contributed by atoms with E-state index in [0.29, 0.717) is 33.9 Å². The Kier molecular flexibility index (Phi) is 7.61. The zero-order chi connectivity index (χ0) is 29.1. The first kappa shape index (κ1) is 27.3. The minimum atomic E-state index is -1.44. The maximum Gasteiger partial charge on any atom is 0.345 e. The Bertz CT molecular complexity index is 1620. The van der Waals surface area contributed by atoms with E-state index in [2.05, 4.69) is 20.7 Å². The minimum absolute atomic E-state index is 0.137. The number of amides is 4. The van der Waals surface area contributed by atoms with Gasteiger partial charge in [0.15, 0.2) is 17.5 Å². The molecule has 4 amide bonds. The van der Waals surface area contributed by atoms with Crippen molar-refractivity contribution in [3.05, 3.63) is 72.8 Å². The number of ether oxygens (including phenoxy) is 3. The predicted octanol–water partition coefficient (Wildman–Crippen LogP) is 3.88. The molecule has 2 aromatic heterocycles. The van der Waals surface area contributed by atoms with E-state index in [-0.39, 0.29) is 18.1 Å². The first-order valence-corrected chi connectivity index (χ1v) is 12.5. The van der Waals surface area contributed by atoms with Crippen LogP contribution in [0.5, 0.6) is 23.0 Å². The molecular weight excluding hydrogens is 535 g/mol. The van der Waals surface area contributed by atoms with E-state index in [4.69, 9.17) is 14.2 Å². The second-order valence-corrected chi connectivity index (χ2v) is 8.74. The van der Waals surface area contributed by atoms with Crippen LogP contribution >= 0.6 is 0 Å². The van der Waals surface area contributed by atoms with Crippen molar-refractivity contribution >= 4 is 40.3 Å². The van der Waals surface area contributed by atoms with Gasteiger partial charge in [-0.25, -0.2) is 24.5 Å². The molecule has 0 radical (unpaired) electrons. The number of rotatable bonds is 8. The van der Waals surface area contributed by atoms with Gasteiger partial charge in [0.2, 0.25) is 0 Å². The second kappa shape index (κ2) is 11.4. The third-order valence-electron chi connectivity index (χ3n) is 6.26. The molecule has 4 aromatic rings. The molecule has 0 spiro atoms. The number of urea groups is 1. The van der Waals surface area contributed by atoms with Gasteiger partial charge in [-0.1, -0.05) is 0 Å². The Balaban J connectivity index is 1.32. The molecule has 12 nitrogen and oxygen atoms in total. The Morgan fingerprint density at radius 1 is 1.00 bits per heavy atom. The fourth-order valence-corrected chi connectivity index (χ4v) is 4.21. The van der Waals surface area contributed by atoms with Gasteiger partial charge in [0.25, 0.3) is 11.8 Å². The van der Waals surface area contributed by atoms with Gasteiger partial charge in [-0.05, 0) is 55.5 Å². The van der Waals surface area contributed by atoms with Crippen molar-refractivity contribution in [1.29, 1.82) is 0 Å². The SMILES string of the molecule is CCN1NC(C(=O)Nc2ccc(Oc3ccnc4cc(OC)c(OC)cc34)cn2)C(=O)N(c2ccc(F)cc2)C1=O. The molecule has 5 rings (SSSR count). The van der Waals surface area contributed by atoms with Gasteiger partial charge in [-0.3, -0.25) is 19.6 Å². The zero-order valence-corrected chi connectivity index (χ0v) is 22.3. The van der Waals surface area contributed by atoms with Crippen molar-refractivity contribution in [1.82, 2.24) is 20.4 Å². The minimum Gasteiger partial charge on any atom is -0.493 e. The number of aromatic nitrogens is 2. The lowest BCUT2D eigenvalue weighted by Crippen LogP contribution is -2.68. The highest BCUT2D eigenvalue weighted by molar-refractivity contribution is 6.25. The molecule has 1 aliphatic rings. The maximum absolute atomic E-state index is 13.4. The quantitative estimate of drug-likeness (QED) is 0.308. The third kappa shape index (κ3) is 5.43. The van der Waals surface area contributed by atoms with Crippen LogP contribution in [0.1, 0.15) is 6.92 Å². The molecule has 1 aliphatic heterocycles. The van der Waals surface area contributed by atoms with Gasteiger partial charge in [-0.2, -0.15) is 0 Å². The lowest BCUT2D eigenvalue weighted by atomic mass is 10.2. The van der Waals surface area contributed by atoms with Gasteiger partial charge >= 0.3 is 6.03 Å². The summed E-state index contributed by atoms with van der Waals surface area (Å²) in [5.74, 6) is -0.0158. The summed E-state index contributed by atoms with van der Waals surface area (Å²) in [7, 11) is 3.07. The lowest BCUT2D eigenvalue weighted by Gasteiger charge is -2.37. The van der Waals surface area contributed by atoms with E-state index in [1.165, 1.54) is 38.6 Å². The third-order valence-corrected chi connectivity index (χ3v) is 6.26. The van der Waals surface area contributed by atoms with Crippen molar-refractivity contribution in [2.75, 3.05) is 31.0 Å². The van der Waals surface area contributed by atoms with E-state index in [1.54, 1.807) is 37.4 Å².